The summed E-state index contributed by atoms with van der Waals surface area (Å²) in [5.74, 6) is 0. The average molecular weight is 276 g/mol. The third kappa shape index (κ3) is 3.54. The molecule has 1 N–H and O–H groups in total. The second-order valence-electron chi connectivity index (χ2n) is 3.78. The van der Waals surface area contributed by atoms with Gasteiger partial charge in [-0.15, -0.1) is 12.4 Å². The van der Waals surface area contributed by atoms with Crippen LogP contribution in [0.4, 0.5) is 11.4 Å². The number of aryl methyl sites for hydroxylation is 2. The van der Waals surface area contributed by atoms with Crippen LogP contribution < -0.4 is 4.90 Å². The molecule has 0 spiro atoms. The molecular weight excluding hydrogens is 258 g/mol. The van der Waals surface area contributed by atoms with Crippen LogP contribution in [-0.2, 0) is 0 Å². The van der Waals surface area contributed by atoms with Crippen molar-refractivity contribution in [3.8, 4) is 0 Å². The van der Waals surface area contributed by atoms with E-state index in [9.17, 15) is 10.1 Å². The Balaban J connectivity index is 0.00000289. The van der Waals surface area contributed by atoms with Crippen LogP contribution in [0.2, 0.25) is 0 Å². The number of aliphatic hydroxyl groups is 1. The summed E-state index contributed by atoms with van der Waals surface area (Å²) in [5, 5.41) is 20.0. The third-order valence-electron chi connectivity index (χ3n) is 2.55. The quantitative estimate of drug-likeness (QED) is 0.655. The van der Waals surface area contributed by atoms with E-state index >= 15 is 0 Å². The topological polar surface area (TPSA) is 79.5 Å². The monoisotopic (exact) mass is 275 g/mol. The summed E-state index contributed by atoms with van der Waals surface area (Å²) >= 11 is 0. The van der Waals surface area contributed by atoms with E-state index in [1.54, 1.807) is 24.8 Å². The zero-order valence-corrected chi connectivity index (χ0v) is 11.5. The highest BCUT2D eigenvalue weighted by Crippen LogP contribution is 2.30. The molecule has 6 nitrogen and oxygen atoms in total. The molecule has 0 unspecified atom stereocenters. The molecule has 0 fully saturated rings. The summed E-state index contributed by atoms with van der Waals surface area (Å²) in [6.45, 7) is 6.26. The van der Waals surface area contributed by atoms with Gasteiger partial charge in [0.25, 0.3) is 0 Å². The van der Waals surface area contributed by atoms with E-state index in [1.807, 2.05) is 6.92 Å². The second kappa shape index (κ2) is 7.13. The Morgan fingerprint density at radius 1 is 1.50 bits per heavy atom. The van der Waals surface area contributed by atoms with Crippen molar-refractivity contribution in [1.29, 1.82) is 0 Å². The molecule has 7 heteroatoms. The summed E-state index contributed by atoms with van der Waals surface area (Å²) in [7, 11) is 0. The highest BCUT2D eigenvalue weighted by atomic mass is 35.5. The molecule has 0 bridgehead atoms. The minimum Gasteiger partial charge on any atom is -0.395 e. The number of likely N-dealkylation sites (N-methyl/N-ethyl adjacent to an activating group) is 1. The summed E-state index contributed by atoms with van der Waals surface area (Å²) in [6, 6.07) is 1.68. The van der Waals surface area contributed by atoms with Crippen molar-refractivity contribution >= 4 is 23.8 Å². The van der Waals surface area contributed by atoms with Crippen LogP contribution in [0.1, 0.15) is 18.3 Å². The van der Waals surface area contributed by atoms with Gasteiger partial charge in [-0.2, -0.15) is 0 Å². The number of nitrogens with zero attached hydrogens (tertiary/aromatic N) is 3. The molecule has 102 valence electrons. The number of hydrogen-bond acceptors (Lipinski definition) is 5. The fourth-order valence-corrected chi connectivity index (χ4v) is 1.84. The van der Waals surface area contributed by atoms with Crippen LogP contribution in [0.5, 0.6) is 0 Å². The fourth-order valence-electron chi connectivity index (χ4n) is 1.84. The van der Waals surface area contributed by atoms with E-state index in [2.05, 4.69) is 4.98 Å². The lowest BCUT2D eigenvalue weighted by atomic mass is 10.2. The molecular formula is C11H18ClN3O3. The number of nitro groups is 1. The van der Waals surface area contributed by atoms with Crippen LogP contribution >= 0.6 is 12.4 Å². The van der Waals surface area contributed by atoms with E-state index in [4.69, 9.17) is 5.11 Å². The number of halogens is 1. The molecule has 18 heavy (non-hydrogen) atoms. The maximum Gasteiger partial charge on any atom is 0.313 e. The van der Waals surface area contributed by atoms with Crippen molar-refractivity contribution in [2.75, 3.05) is 24.6 Å². The van der Waals surface area contributed by atoms with E-state index < -0.39 is 4.92 Å². The number of pyridine rings is 1. The predicted octanol–water partition coefficient (Wildman–Crippen LogP) is 1.85. The molecule has 0 aliphatic carbocycles. The van der Waals surface area contributed by atoms with Crippen molar-refractivity contribution in [1.82, 2.24) is 4.98 Å². The van der Waals surface area contributed by atoms with Crippen molar-refractivity contribution in [3.05, 3.63) is 27.6 Å². The lowest BCUT2D eigenvalue weighted by molar-refractivity contribution is -0.385. The number of anilines is 1. The molecule has 1 rings (SSSR count). The van der Waals surface area contributed by atoms with Gasteiger partial charge in [0.1, 0.15) is 11.4 Å². The van der Waals surface area contributed by atoms with Gasteiger partial charge in [-0.1, -0.05) is 0 Å². The zero-order valence-electron chi connectivity index (χ0n) is 10.7. The molecule has 0 aliphatic heterocycles. The number of aromatic nitrogens is 1. The number of aliphatic hydroxyl groups excluding tert-OH is 1. The number of rotatable bonds is 5. The first-order chi connectivity index (χ1) is 8.01. The largest absolute Gasteiger partial charge is 0.395 e. The first-order valence-electron chi connectivity index (χ1n) is 5.49. The third-order valence-corrected chi connectivity index (χ3v) is 2.55. The van der Waals surface area contributed by atoms with Crippen LogP contribution in [-0.4, -0.2) is 34.7 Å². The van der Waals surface area contributed by atoms with Gasteiger partial charge in [-0.05, 0) is 26.8 Å². The normalized spacial score (nSPS) is 9.78. The lowest BCUT2D eigenvalue weighted by Crippen LogP contribution is -2.27. The molecule has 0 radical (unpaired) electrons. The number of hydrogen-bond donors (Lipinski definition) is 1. The highest BCUT2D eigenvalue weighted by Gasteiger charge is 2.22. The SMILES string of the molecule is CCN(CCO)c1cc(C)nc(C)c1[N+](=O)[O-].Cl. The maximum absolute atomic E-state index is 11.1. The Hall–Kier alpha value is -1.40. The van der Waals surface area contributed by atoms with Gasteiger partial charge in [0.15, 0.2) is 0 Å². The van der Waals surface area contributed by atoms with Crippen LogP contribution in [0.3, 0.4) is 0 Å². The molecule has 1 aromatic rings. The van der Waals surface area contributed by atoms with E-state index in [-0.39, 0.29) is 24.7 Å². The molecule has 1 aromatic heterocycles. The van der Waals surface area contributed by atoms with Gasteiger partial charge >= 0.3 is 5.69 Å². The summed E-state index contributed by atoms with van der Waals surface area (Å²) in [5.41, 5.74) is 1.68. The Morgan fingerprint density at radius 3 is 2.56 bits per heavy atom. The summed E-state index contributed by atoms with van der Waals surface area (Å²) in [4.78, 5) is 16.5. The van der Waals surface area contributed by atoms with Crippen LogP contribution in [0, 0.1) is 24.0 Å². The first-order valence-corrected chi connectivity index (χ1v) is 5.49. The first kappa shape index (κ1) is 16.6. The van der Waals surface area contributed by atoms with Crippen LogP contribution in [0.15, 0.2) is 6.07 Å². The zero-order chi connectivity index (χ0) is 13.0. The van der Waals surface area contributed by atoms with Crippen LogP contribution in [0.25, 0.3) is 0 Å². The maximum atomic E-state index is 11.1. The predicted molar refractivity (Wildman–Crippen MR) is 72.6 cm³/mol. The molecule has 0 aromatic carbocycles. The Labute approximate surface area is 112 Å². The minimum absolute atomic E-state index is 0. The molecule has 0 amide bonds. The highest BCUT2D eigenvalue weighted by molar-refractivity contribution is 5.85. The van der Waals surface area contributed by atoms with Crippen molar-refractivity contribution in [2.45, 2.75) is 20.8 Å². The molecule has 0 saturated carbocycles. The van der Waals surface area contributed by atoms with Gasteiger partial charge in [-0.25, -0.2) is 0 Å². The van der Waals surface area contributed by atoms with Crippen molar-refractivity contribution in [2.24, 2.45) is 0 Å². The summed E-state index contributed by atoms with van der Waals surface area (Å²) in [6.07, 6.45) is 0. The van der Waals surface area contributed by atoms with Gasteiger partial charge in [0.05, 0.1) is 11.5 Å². The lowest BCUT2D eigenvalue weighted by Gasteiger charge is -2.22. The minimum atomic E-state index is -0.420. The van der Waals surface area contributed by atoms with Crippen molar-refractivity contribution < 1.29 is 10.0 Å². The van der Waals surface area contributed by atoms with Gasteiger partial charge < -0.3 is 10.0 Å². The molecule has 0 saturated heterocycles. The van der Waals surface area contributed by atoms with E-state index in [0.29, 0.717) is 24.5 Å². The van der Waals surface area contributed by atoms with Crippen molar-refractivity contribution in [3.63, 3.8) is 0 Å². The standard InChI is InChI=1S/C11H17N3O3.ClH/c1-4-13(5-6-15)10-7-8(2)12-9(3)11(10)14(16)17;/h7,15H,4-6H2,1-3H3;1H. The van der Waals surface area contributed by atoms with Gasteiger partial charge in [0.2, 0.25) is 0 Å². The van der Waals surface area contributed by atoms with Gasteiger partial charge in [0, 0.05) is 18.8 Å². The Kier molecular flexibility index (Phi) is 6.57. The Morgan fingerprint density at radius 2 is 2.11 bits per heavy atom. The van der Waals surface area contributed by atoms with E-state index in [0.717, 1.165) is 5.69 Å². The second-order valence-corrected chi connectivity index (χ2v) is 3.78. The average Bonchev–Trinajstić information content (AvgIpc) is 2.23. The molecule has 0 aliphatic rings. The summed E-state index contributed by atoms with van der Waals surface area (Å²) < 4.78 is 0. The molecule has 0 atom stereocenters. The fraction of sp³-hybridized carbons (Fsp3) is 0.545. The van der Waals surface area contributed by atoms with Gasteiger partial charge in [-0.3, -0.25) is 15.1 Å². The molecule has 1 heterocycles. The smallest absolute Gasteiger partial charge is 0.313 e. The Bertz CT molecular complexity index is 426. The van der Waals surface area contributed by atoms with E-state index in [1.165, 1.54) is 0 Å².